The van der Waals surface area contributed by atoms with E-state index in [1.807, 2.05) is 13.8 Å². The number of hydrogen-bond acceptors (Lipinski definition) is 3. The van der Waals surface area contributed by atoms with Crippen LogP contribution in [0.3, 0.4) is 0 Å². The van der Waals surface area contributed by atoms with E-state index < -0.39 is 0 Å². The van der Waals surface area contributed by atoms with Gasteiger partial charge in [-0.25, -0.2) is 9.97 Å². The molecule has 1 heterocycles. The Morgan fingerprint density at radius 2 is 1.76 bits per heavy atom. The third-order valence-corrected chi connectivity index (χ3v) is 3.80. The summed E-state index contributed by atoms with van der Waals surface area (Å²) in [5.41, 5.74) is 0.991. The zero-order valence-electron chi connectivity index (χ0n) is 11.4. The van der Waals surface area contributed by atoms with Gasteiger partial charge in [0.1, 0.15) is 16.8 Å². The molecule has 17 heavy (non-hydrogen) atoms. The number of nitrogens with one attached hydrogen (secondary N) is 1. The quantitative estimate of drug-likeness (QED) is 0.809. The largest absolute Gasteiger partial charge is 0.365 e. The lowest BCUT2D eigenvalue weighted by molar-refractivity contribution is 0.476. The number of aryl methyl sites for hydroxylation is 1. The van der Waals surface area contributed by atoms with Crippen LogP contribution in [0.5, 0.6) is 0 Å². The van der Waals surface area contributed by atoms with Crippen molar-refractivity contribution in [1.29, 1.82) is 0 Å². The summed E-state index contributed by atoms with van der Waals surface area (Å²) in [5.74, 6) is 1.66. The Kier molecular flexibility index (Phi) is 4.75. The number of hydrogen-bond donors (Lipinski definition) is 1. The van der Waals surface area contributed by atoms with Gasteiger partial charge in [-0.1, -0.05) is 32.4 Å². The van der Waals surface area contributed by atoms with Gasteiger partial charge in [0.05, 0.1) is 0 Å². The molecule has 0 atom stereocenters. The summed E-state index contributed by atoms with van der Waals surface area (Å²) >= 11 is 6.12. The summed E-state index contributed by atoms with van der Waals surface area (Å²) < 4.78 is 0. The van der Waals surface area contributed by atoms with E-state index in [0.29, 0.717) is 5.15 Å². The molecule has 0 aliphatic carbocycles. The molecule has 0 amide bonds. The van der Waals surface area contributed by atoms with Gasteiger partial charge in [-0.2, -0.15) is 0 Å². The van der Waals surface area contributed by atoms with E-state index in [9.17, 15) is 0 Å². The van der Waals surface area contributed by atoms with Crippen LogP contribution in [-0.2, 0) is 6.42 Å². The number of aromatic nitrogens is 2. The minimum atomic E-state index is 0.0630. The molecule has 3 nitrogen and oxygen atoms in total. The van der Waals surface area contributed by atoms with Crippen molar-refractivity contribution >= 4 is 17.4 Å². The van der Waals surface area contributed by atoms with Crippen molar-refractivity contribution in [3.05, 3.63) is 16.5 Å². The van der Waals surface area contributed by atoms with Gasteiger partial charge in [0.25, 0.3) is 0 Å². The highest BCUT2D eigenvalue weighted by Gasteiger charge is 2.21. The zero-order valence-corrected chi connectivity index (χ0v) is 12.1. The average molecular weight is 256 g/mol. The minimum absolute atomic E-state index is 0.0630. The van der Waals surface area contributed by atoms with Gasteiger partial charge in [0.2, 0.25) is 0 Å². The van der Waals surface area contributed by atoms with Gasteiger partial charge in [-0.3, -0.25) is 0 Å². The average Bonchev–Trinajstić information content (AvgIpc) is 2.34. The van der Waals surface area contributed by atoms with Gasteiger partial charge < -0.3 is 5.32 Å². The number of halogens is 1. The molecular weight excluding hydrogens is 234 g/mol. The van der Waals surface area contributed by atoms with Crippen LogP contribution >= 0.6 is 11.6 Å². The SMILES string of the molecule is CCc1nc(Cl)c(C)c(NC(C)(CC)CC)n1. The fraction of sp³-hybridized carbons (Fsp3) is 0.692. The predicted molar refractivity (Wildman–Crippen MR) is 73.8 cm³/mol. The fourth-order valence-corrected chi connectivity index (χ4v) is 1.71. The Balaban J connectivity index is 3.09. The first kappa shape index (κ1) is 14.2. The maximum atomic E-state index is 6.12. The van der Waals surface area contributed by atoms with Gasteiger partial charge in [-0.05, 0) is 26.7 Å². The van der Waals surface area contributed by atoms with Gasteiger partial charge in [0, 0.05) is 17.5 Å². The highest BCUT2D eigenvalue weighted by molar-refractivity contribution is 6.30. The maximum absolute atomic E-state index is 6.12. The molecule has 1 N–H and O–H groups in total. The summed E-state index contributed by atoms with van der Waals surface area (Å²) in [6.45, 7) is 10.5. The van der Waals surface area contributed by atoms with E-state index in [1.54, 1.807) is 0 Å². The maximum Gasteiger partial charge on any atom is 0.137 e. The highest BCUT2D eigenvalue weighted by atomic mass is 35.5. The van der Waals surface area contributed by atoms with Gasteiger partial charge in [0.15, 0.2) is 0 Å². The van der Waals surface area contributed by atoms with E-state index in [4.69, 9.17) is 11.6 Å². The first-order chi connectivity index (χ1) is 7.95. The topological polar surface area (TPSA) is 37.8 Å². The standard InChI is InChI=1S/C13H22ClN3/c1-6-10-15-11(14)9(4)12(16-10)17-13(5,7-2)8-3/h6-8H2,1-5H3,(H,15,16,17). The van der Waals surface area contributed by atoms with Crippen molar-refractivity contribution in [2.24, 2.45) is 0 Å². The Labute approximate surface area is 109 Å². The Morgan fingerprint density at radius 3 is 2.24 bits per heavy atom. The van der Waals surface area contributed by atoms with E-state index in [2.05, 4.69) is 36.1 Å². The third-order valence-electron chi connectivity index (χ3n) is 3.43. The smallest absolute Gasteiger partial charge is 0.137 e. The van der Waals surface area contributed by atoms with Gasteiger partial charge in [-0.15, -0.1) is 0 Å². The Hall–Kier alpha value is -0.830. The molecule has 0 fully saturated rings. The van der Waals surface area contributed by atoms with E-state index in [-0.39, 0.29) is 5.54 Å². The molecule has 0 saturated carbocycles. The van der Waals surface area contributed by atoms with Crippen LogP contribution in [-0.4, -0.2) is 15.5 Å². The summed E-state index contributed by atoms with van der Waals surface area (Å²) in [7, 11) is 0. The van der Waals surface area contributed by atoms with Crippen molar-refractivity contribution in [3.63, 3.8) is 0 Å². The van der Waals surface area contributed by atoms with Crippen LogP contribution in [0.2, 0.25) is 5.15 Å². The lowest BCUT2D eigenvalue weighted by atomic mass is 9.95. The van der Waals surface area contributed by atoms with Crippen LogP contribution in [0.4, 0.5) is 5.82 Å². The summed E-state index contributed by atoms with van der Waals surface area (Å²) in [6.07, 6.45) is 2.89. The first-order valence-electron chi connectivity index (χ1n) is 6.27. The van der Waals surface area contributed by atoms with Crippen LogP contribution < -0.4 is 5.32 Å². The van der Waals surface area contributed by atoms with Crippen molar-refractivity contribution in [2.45, 2.75) is 59.4 Å². The molecule has 1 aromatic rings. The third kappa shape index (κ3) is 3.32. The predicted octanol–water partition coefficient (Wildman–Crippen LogP) is 3.99. The first-order valence-corrected chi connectivity index (χ1v) is 6.64. The molecule has 96 valence electrons. The molecule has 1 aromatic heterocycles. The second-order valence-corrected chi connectivity index (χ2v) is 5.01. The zero-order chi connectivity index (χ0) is 13.1. The molecule has 4 heteroatoms. The molecule has 0 aliphatic heterocycles. The van der Waals surface area contributed by atoms with Crippen molar-refractivity contribution in [2.75, 3.05) is 5.32 Å². The molecule has 0 saturated heterocycles. The fourth-order valence-electron chi connectivity index (χ4n) is 1.53. The number of nitrogens with zero attached hydrogens (tertiary/aromatic N) is 2. The van der Waals surface area contributed by atoms with E-state index >= 15 is 0 Å². The summed E-state index contributed by atoms with van der Waals surface area (Å²) in [6, 6.07) is 0. The lowest BCUT2D eigenvalue weighted by Gasteiger charge is -2.29. The second kappa shape index (κ2) is 5.67. The molecule has 0 aromatic carbocycles. The summed E-state index contributed by atoms with van der Waals surface area (Å²) in [5, 5.41) is 4.05. The molecule has 0 aliphatic rings. The van der Waals surface area contributed by atoms with Crippen molar-refractivity contribution in [1.82, 2.24) is 9.97 Å². The molecule has 0 radical (unpaired) electrons. The molecule has 0 bridgehead atoms. The van der Waals surface area contributed by atoms with Crippen LogP contribution in [0.1, 0.15) is 51.9 Å². The van der Waals surface area contributed by atoms with Gasteiger partial charge >= 0.3 is 0 Å². The second-order valence-electron chi connectivity index (χ2n) is 4.65. The van der Waals surface area contributed by atoms with E-state index in [0.717, 1.165) is 36.5 Å². The lowest BCUT2D eigenvalue weighted by Crippen LogP contribution is -2.34. The molecule has 0 spiro atoms. The van der Waals surface area contributed by atoms with Crippen LogP contribution in [0, 0.1) is 6.92 Å². The highest BCUT2D eigenvalue weighted by Crippen LogP contribution is 2.26. The Bertz CT molecular complexity index is 386. The molecule has 0 unspecified atom stereocenters. The van der Waals surface area contributed by atoms with Crippen LogP contribution in [0.15, 0.2) is 0 Å². The van der Waals surface area contributed by atoms with E-state index in [1.165, 1.54) is 0 Å². The van der Waals surface area contributed by atoms with Crippen molar-refractivity contribution in [3.8, 4) is 0 Å². The number of anilines is 1. The Morgan fingerprint density at radius 1 is 1.18 bits per heavy atom. The molecular formula is C13H22ClN3. The minimum Gasteiger partial charge on any atom is -0.365 e. The van der Waals surface area contributed by atoms with Crippen molar-refractivity contribution < 1.29 is 0 Å². The number of rotatable bonds is 5. The normalized spacial score (nSPS) is 11.6. The molecule has 1 rings (SSSR count). The van der Waals surface area contributed by atoms with Crippen LogP contribution in [0.25, 0.3) is 0 Å². The summed E-state index contributed by atoms with van der Waals surface area (Å²) in [4.78, 5) is 8.77. The monoisotopic (exact) mass is 255 g/mol.